The summed E-state index contributed by atoms with van der Waals surface area (Å²) >= 11 is 0. The number of carbonyl (C=O) groups excluding carboxylic acids is 1. The van der Waals surface area contributed by atoms with Crippen LogP contribution in [0.4, 0.5) is 0 Å². The van der Waals surface area contributed by atoms with E-state index in [-0.39, 0.29) is 22.5 Å². The van der Waals surface area contributed by atoms with Crippen LogP contribution in [0.5, 0.6) is 0 Å². The number of nitrogens with zero attached hydrogens (tertiary/aromatic N) is 5. The third-order valence-electron chi connectivity index (χ3n) is 5.82. The van der Waals surface area contributed by atoms with E-state index in [0.717, 1.165) is 11.3 Å². The predicted molar refractivity (Wildman–Crippen MR) is 117 cm³/mol. The van der Waals surface area contributed by atoms with Gasteiger partial charge in [0, 0.05) is 44.4 Å². The number of benzene rings is 1. The number of hydrogen-bond donors (Lipinski definition) is 0. The van der Waals surface area contributed by atoms with Gasteiger partial charge in [-0.2, -0.15) is 9.40 Å². The van der Waals surface area contributed by atoms with Gasteiger partial charge in [0.15, 0.2) is 5.76 Å². The Morgan fingerprint density at radius 3 is 2.50 bits per heavy atom. The Morgan fingerprint density at radius 2 is 1.88 bits per heavy atom. The maximum Gasteiger partial charge on any atom is 0.248 e. The molecule has 0 radical (unpaired) electrons. The van der Waals surface area contributed by atoms with Crippen LogP contribution < -0.4 is 0 Å². The van der Waals surface area contributed by atoms with E-state index in [1.54, 1.807) is 36.7 Å². The fourth-order valence-corrected chi connectivity index (χ4v) is 5.90. The van der Waals surface area contributed by atoms with Gasteiger partial charge in [0.05, 0.1) is 11.9 Å². The minimum atomic E-state index is -3.68. The van der Waals surface area contributed by atoms with E-state index < -0.39 is 10.0 Å². The Labute approximate surface area is 187 Å². The van der Waals surface area contributed by atoms with Crippen molar-refractivity contribution < 1.29 is 17.7 Å². The average molecular weight is 458 g/mol. The molecule has 1 fully saturated rings. The summed E-state index contributed by atoms with van der Waals surface area (Å²) in [4.78, 5) is 14.8. The fraction of sp³-hybridized carbons (Fsp3) is 0.409. The van der Waals surface area contributed by atoms with Crippen molar-refractivity contribution >= 4 is 15.9 Å². The molecule has 1 saturated heterocycles. The van der Waals surface area contributed by atoms with Crippen molar-refractivity contribution in [3.63, 3.8) is 0 Å². The second-order valence-corrected chi connectivity index (χ2v) is 10.0. The summed E-state index contributed by atoms with van der Waals surface area (Å²) in [6.07, 6.45) is 4.64. The molecule has 9 nitrogen and oxygen atoms in total. The zero-order chi connectivity index (χ0) is 22.9. The van der Waals surface area contributed by atoms with Crippen LogP contribution in [0, 0.1) is 19.8 Å². The molecule has 2 aromatic heterocycles. The number of hydrogen-bond acceptors (Lipinski definition) is 6. The zero-order valence-electron chi connectivity index (χ0n) is 18.4. The van der Waals surface area contributed by atoms with E-state index in [4.69, 9.17) is 4.52 Å². The van der Waals surface area contributed by atoms with Gasteiger partial charge in [-0.25, -0.2) is 13.1 Å². The fourth-order valence-electron chi connectivity index (χ4n) is 4.14. The molecular formula is C22H27N5O4S. The van der Waals surface area contributed by atoms with E-state index in [1.807, 2.05) is 36.5 Å². The van der Waals surface area contributed by atoms with Gasteiger partial charge in [-0.15, -0.1) is 0 Å². The Morgan fingerprint density at radius 1 is 1.19 bits per heavy atom. The first kappa shape index (κ1) is 22.2. The quantitative estimate of drug-likeness (QED) is 0.564. The Kier molecular flexibility index (Phi) is 6.16. The molecule has 1 aromatic carbocycles. The minimum absolute atomic E-state index is 0.0202. The molecular weight excluding hydrogens is 430 g/mol. The summed E-state index contributed by atoms with van der Waals surface area (Å²) in [5, 5.41) is 8.14. The highest BCUT2D eigenvalue weighted by Crippen LogP contribution is 2.28. The smallest absolute Gasteiger partial charge is 0.248 e. The molecule has 0 saturated carbocycles. The van der Waals surface area contributed by atoms with Crippen LogP contribution in [-0.4, -0.2) is 58.6 Å². The van der Waals surface area contributed by atoms with Crippen LogP contribution in [0.3, 0.4) is 0 Å². The largest absolute Gasteiger partial charge is 0.360 e. The van der Waals surface area contributed by atoms with Crippen LogP contribution in [0.25, 0.3) is 5.69 Å². The topological polar surface area (TPSA) is 102 Å². The lowest BCUT2D eigenvalue weighted by Gasteiger charge is -2.32. The lowest BCUT2D eigenvalue weighted by atomic mass is 9.96. The van der Waals surface area contributed by atoms with Gasteiger partial charge < -0.3 is 9.42 Å². The summed E-state index contributed by atoms with van der Waals surface area (Å²) in [6.45, 7) is 4.25. The van der Waals surface area contributed by atoms with Crippen LogP contribution in [0.1, 0.15) is 29.9 Å². The maximum atomic E-state index is 13.0. The lowest BCUT2D eigenvalue weighted by Crippen LogP contribution is -2.43. The Bertz CT molecular complexity index is 1170. The second-order valence-electron chi connectivity index (χ2n) is 8.15. The summed E-state index contributed by atoms with van der Waals surface area (Å²) in [5.41, 5.74) is 2.25. The van der Waals surface area contributed by atoms with Gasteiger partial charge >= 0.3 is 0 Å². The van der Waals surface area contributed by atoms with E-state index in [1.165, 1.54) is 4.31 Å². The zero-order valence-corrected chi connectivity index (χ0v) is 19.2. The van der Waals surface area contributed by atoms with E-state index in [2.05, 4.69) is 10.3 Å². The molecule has 1 aliphatic heterocycles. The third kappa shape index (κ3) is 4.33. The van der Waals surface area contributed by atoms with Gasteiger partial charge in [0.2, 0.25) is 15.9 Å². The van der Waals surface area contributed by atoms with Crippen molar-refractivity contribution in [3.8, 4) is 5.69 Å². The van der Waals surface area contributed by atoms with Crippen molar-refractivity contribution in [2.24, 2.45) is 5.92 Å². The minimum Gasteiger partial charge on any atom is -0.360 e. The molecule has 32 heavy (non-hydrogen) atoms. The number of aromatic nitrogens is 3. The average Bonchev–Trinajstić information content (AvgIpc) is 3.40. The molecule has 10 heteroatoms. The van der Waals surface area contributed by atoms with Crippen LogP contribution in [-0.2, 0) is 21.4 Å². The number of aryl methyl sites for hydroxylation is 2. The summed E-state index contributed by atoms with van der Waals surface area (Å²) in [6, 6.07) is 9.78. The molecule has 0 N–H and O–H groups in total. The molecule has 0 aliphatic carbocycles. The first-order chi connectivity index (χ1) is 15.3. The van der Waals surface area contributed by atoms with E-state index in [0.29, 0.717) is 38.2 Å². The molecule has 1 amide bonds. The molecule has 4 rings (SSSR count). The van der Waals surface area contributed by atoms with Crippen molar-refractivity contribution in [1.82, 2.24) is 24.1 Å². The first-order valence-electron chi connectivity index (χ1n) is 10.5. The number of amides is 1. The molecule has 0 atom stereocenters. The van der Waals surface area contributed by atoms with Crippen LogP contribution >= 0.6 is 0 Å². The van der Waals surface area contributed by atoms with E-state index in [9.17, 15) is 13.2 Å². The molecule has 0 bridgehead atoms. The third-order valence-corrected chi connectivity index (χ3v) is 7.97. The summed E-state index contributed by atoms with van der Waals surface area (Å²) in [7, 11) is -1.91. The van der Waals surface area contributed by atoms with Gasteiger partial charge in [0.1, 0.15) is 10.6 Å². The van der Waals surface area contributed by atoms with Gasteiger partial charge in [-0.05, 0) is 38.8 Å². The number of piperidine rings is 1. The van der Waals surface area contributed by atoms with Gasteiger partial charge in [-0.3, -0.25) is 4.79 Å². The van der Waals surface area contributed by atoms with Crippen LogP contribution in [0.2, 0.25) is 0 Å². The summed E-state index contributed by atoms with van der Waals surface area (Å²) < 4.78 is 34.2. The molecule has 170 valence electrons. The highest BCUT2D eigenvalue weighted by molar-refractivity contribution is 7.89. The molecule has 1 aliphatic rings. The molecule has 3 aromatic rings. The second kappa shape index (κ2) is 8.87. The number of carbonyl (C=O) groups is 1. The van der Waals surface area contributed by atoms with E-state index >= 15 is 0 Å². The monoisotopic (exact) mass is 457 g/mol. The molecule has 0 spiro atoms. The number of sulfonamides is 1. The van der Waals surface area contributed by atoms with Crippen molar-refractivity contribution in [3.05, 3.63) is 59.7 Å². The highest BCUT2D eigenvalue weighted by atomic mass is 32.2. The highest BCUT2D eigenvalue weighted by Gasteiger charge is 2.36. The van der Waals surface area contributed by atoms with Crippen molar-refractivity contribution in [2.75, 3.05) is 20.1 Å². The van der Waals surface area contributed by atoms with Crippen LogP contribution in [0.15, 0.2) is 52.1 Å². The Hall–Kier alpha value is -2.98. The Balaban J connectivity index is 1.36. The normalized spacial score (nSPS) is 15.7. The van der Waals surface area contributed by atoms with Crippen molar-refractivity contribution in [2.45, 2.75) is 38.1 Å². The predicted octanol–water partition coefficient (Wildman–Crippen LogP) is 2.54. The van der Waals surface area contributed by atoms with Gasteiger partial charge in [-0.1, -0.05) is 23.4 Å². The number of para-hydroxylation sites is 1. The van der Waals surface area contributed by atoms with Crippen molar-refractivity contribution in [1.29, 1.82) is 0 Å². The van der Waals surface area contributed by atoms with Gasteiger partial charge in [0.25, 0.3) is 0 Å². The SMILES string of the molecule is Cc1noc(C)c1S(=O)(=O)N1CCC(C(=O)N(C)Cc2cnn(-c3ccccc3)c2)CC1. The molecule has 0 unspecified atom stereocenters. The lowest BCUT2D eigenvalue weighted by molar-refractivity contribution is -0.135. The number of rotatable bonds is 6. The maximum absolute atomic E-state index is 13.0. The molecule has 3 heterocycles. The first-order valence-corrected chi connectivity index (χ1v) is 12.0. The standard InChI is InChI=1S/C22H27N5O4S/c1-16-21(17(2)31-24-16)32(29,30)26-11-9-19(10-12-26)22(28)25(3)14-18-13-23-27(15-18)20-7-5-4-6-8-20/h4-8,13,15,19H,9-12,14H2,1-3H3. The summed E-state index contributed by atoms with van der Waals surface area (Å²) in [5.74, 6) is 0.101.